The molecule has 0 unspecified atom stereocenters. The normalized spacial score (nSPS) is 6.57. The van der Waals surface area contributed by atoms with Gasteiger partial charge in [0.25, 0.3) is 0 Å². The van der Waals surface area contributed by atoms with Gasteiger partial charge in [-0.05, 0) is 0 Å². The Morgan fingerprint density at radius 1 is 1.00 bits per heavy atom. The van der Waals surface area contributed by atoms with E-state index in [1.807, 2.05) is 0 Å². The van der Waals surface area contributed by atoms with Crippen LogP contribution in [0.15, 0.2) is 0 Å². The summed E-state index contributed by atoms with van der Waals surface area (Å²) in [5, 5.41) is 0. The molecule has 0 spiro atoms. The molecule has 0 heterocycles. The van der Waals surface area contributed by atoms with Gasteiger partial charge in [-0.3, -0.25) is 9.59 Å². The van der Waals surface area contributed by atoms with Crippen molar-refractivity contribution < 1.29 is 30.7 Å². The second kappa shape index (κ2) is 4.19. The third kappa shape index (κ3) is 6.03. The quantitative estimate of drug-likeness (QED) is 0.642. The van der Waals surface area contributed by atoms with E-state index in [1.165, 1.54) is 13.8 Å². The molecule has 2 nitrogen and oxygen atoms in total. The van der Waals surface area contributed by atoms with E-state index in [4.69, 9.17) is 0 Å². The van der Waals surface area contributed by atoms with Crippen LogP contribution in [0.5, 0.6) is 0 Å². The first-order chi connectivity index (χ1) is 2.64. The molecule has 7 heavy (non-hydrogen) atoms. The summed E-state index contributed by atoms with van der Waals surface area (Å²) in [7, 11) is 0. The molecule has 0 aliphatic rings. The Labute approximate surface area is 56.5 Å². The van der Waals surface area contributed by atoms with Gasteiger partial charge in [0, 0.05) is 34.9 Å². The van der Waals surface area contributed by atoms with Crippen LogP contribution in [0.3, 0.4) is 0 Å². The molecular weight excluding hydrogens is 275 g/mol. The van der Waals surface area contributed by atoms with Crippen LogP contribution in [0, 0.1) is 0 Å². The maximum Gasteiger partial charge on any atom is 0.195 e. The van der Waals surface area contributed by atoms with Crippen molar-refractivity contribution in [1.29, 1.82) is 0 Å². The summed E-state index contributed by atoms with van der Waals surface area (Å²) in [6.45, 7) is 2.50. The number of Topliss-reactive ketones (excluding diaryl/α,β-unsaturated/α-hetero) is 2. The molecule has 0 bridgehead atoms. The number of hydrogen-bond acceptors (Lipinski definition) is 2. The van der Waals surface area contributed by atoms with Crippen LogP contribution in [0.1, 0.15) is 13.8 Å². The molecule has 0 aromatic rings. The molecule has 0 aromatic carbocycles. The molecule has 3 heteroatoms. The van der Waals surface area contributed by atoms with Crippen LogP contribution in [-0.4, -0.2) is 11.6 Å². The Balaban J connectivity index is 0. The minimum atomic E-state index is -0.380. The van der Waals surface area contributed by atoms with Gasteiger partial charge in [0.1, 0.15) is 0 Å². The Hall–Kier alpha value is 0.0283. The molecule has 0 aliphatic carbocycles. The summed E-state index contributed by atoms with van der Waals surface area (Å²) in [6, 6.07) is 0. The van der Waals surface area contributed by atoms with E-state index in [0.29, 0.717) is 0 Å². The third-order valence-corrected chi connectivity index (χ3v) is 0.496. The second-order valence-corrected chi connectivity index (χ2v) is 1.11. The largest absolute Gasteiger partial charge is 0.291 e. The molecule has 0 saturated carbocycles. The number of ketones is 2. The second-order valence-electron chi connectivity index (χ2n) is 1.11. The first-order valence-corrected chi connectivity index (χ1v) is 1.66. The smallest absolute Gasteiger partial charge is 0.195 e. The average Bonchev–Trinajstić information content (AvgIpc) is 1.36. The van der Waals surface area contributed by atoms with E-state index in [9.17, 15) is 9.59 Å². The molecule has 0 saturated heterocycles. The van der Waals surface area contributed by atoms with Crippen molar-refractivity contribution in [2.75, 3.05) is 0 Å². The van der Waals surface area contributed by atoms with Gasteiger partial charge in [0.15, 0.2) is 11.6 Å². The Kier molecular flexibility index (Phi) is 6.05. The van der Waals surface area contributed by atoms with Crippen molar-refractivity contribution in [2.24, 2.45) is 0 Å². The molecule has 0 aliphatic heterocycles. The summed E-state index contributed by atoms with van der Waals surface area (Å²) in [5.74, 6) is -0.759. The predicted octanol–water partition coefficient (Wildman–Crippen LogP) is 0.162. The minimum Gasteiger partial charge on any atom is -0.291 e. The van der Waals surface area contributed by atoms with Crippen LogP contribution < -0.4 is 0 Å². The van der Waals surface area contributed by atoms with Crippen molar-refractivity contribution in [2.45, 2.75) is 13.8 Å². The molecule has 0 atom stereocenters. The van der Waals surface area contributed by atoms with Gasteiger partial charge >= 0.3 is 0 Å². The van der Waals surface area contributed by atoms with Crippen molar-refractivity contribution >= 4 is 11.6 Å². The maximum absolute atomic E-state index is 9.79. The SMILES string of the molecule is CC(=O)C(C)=O.[Pt]. The van der Waals surface area contributed by atoms with Crippen molar-refractivity contribution in [1.82, 2.24) is 0 Å². The number of carbonyl (C=O) groups is 2. The zero-order valence-corrected chi connectivity index (χ0v) is 6.40. The number of carbonyl (C=O) groups excluding carboxylic acids is 2. The minimum absolute atomic E-state index is 0. The zero-order valence-electron chi connectivity index (χ0n) is 4.13. The van der Waals surface area contributed by atoms with Gasteiger partial charge in [-0.1, -0.05) is 0 Å². The van der Waals surface area contributed by atoms with Gasteiger partial charge < -0.3 is 0 Å². The van der Waals surface area contributed by atoms with E-state index in [1.54, 1.807) is 0 Å². The monoisotopic (exact) mass is 281 g/mol. The van der Waals surface area contributed by atoms with E-state index in [2.05, 4.69) is 0 Å². The first-order valence-electron chi connectivity index (χ1n) is 1.66. The van der Waals surface area contributed by atoms with Crippen LogP contribution in [0.2, 0.25) is 0 Å². The van der Waals surface area contributed by atoms with Crippen LogP contribution in [-0.2, 0) is 30.7 Å². The number of rotatable bonds is 1. The summed E-state index contributed by atoms with van der Waals surface area (Å²) in [5.41, 5.74) is 0. The average molecular weight is 281 g/mol. The molecule has 0 aromatic heterocycles. The van der Waals surface area contributed by atoms with Gasteiger partial charge in [-0.15, -0.1) is 0 Å². The van der Waals surface area contributed by atoms with E-state index >= 15 is 0 Å². The fourth-order valence-electron chi connectivity index (χ4n) is 0. The van der Waals surface area contributed by atoms with Gasteiger partial charge in [0.05, 0.1) is 0 Å². The zero-order chi connectivity index (χ0) is 5.15. The van der Waals surface area contributed by atoms with Gasteiger partial charge in [-0.25, -0.2) is 0 Å². The molecule has 44 valence electrons. The van der Waals surface area contributed by atoms with Crippen molar-refractivity contribution in [3.8, 4) is 0 Å². The fourth-order valence-corrected chi connectivity index (χ4v) is 0. The maximum atomic E-state index is 9.79. The molecular formula is C4H6O2Pt. The van der Waals surface area contributed by atoms with E-state index in [0.717, 1.165) is 0 Å². The fraction of sp³-hybridized carbons (Fsp3) is 0.500. The van der Waals surface area contributed by atoms with E-state index in [-0.39, 0.29) is 32.6 Å². The molecule has 0 amide bonds. The third-order valence-electron chi connectivity index (χ3n) is 0.496. The van der Waals surface area contributed by atoms with Gasteiger partial charge in [0.2, 0.25) is 0 Å². The predicted molar refractivity (Wildman–Crippen MR) is 21.4 cm³/mol. The summed E-state index contributed by atoms with van der Waals surface area (Å²) in [6.07, 6.45) is 0. The molecule has 0 N–H and O–H groups in total. The van der Waals surface area contributed by atoms with Gasteiger partial charge in [-0.2, -0.15) is 0 Å². The van der Waals surface area contributed by atoms with Crippen LogP contribution >= 0.6 is 0 Å². The Morgan fingerprint density at radius 3 is 1.14 bits per heavy atom. The topological polar surface area (TPSA) is 34.1 Å². The molecule has 0 radical (unpaired) electrons. The summed E-state index contributed by atoms with van der Waals surface area (Å²) < 4.78 is 0. The molecule has 0 rings (SSSR count). The summed E-state index contributed by atoms with van der Waals surface area (Å²) >= 11 is 0. The Bertz CT molecular complexity index is 75.7. The van der Waals surface area contributed by atoms with Crippen LogP contribution in [0.4, 0.5) is 0 Å². The molecule has 0 fully saturated rings. The summed E-state index contributed by atoms with van der Waals surface area (Å²) in [4.78, 5) is 19.6. The number of hydrogen-bond donors (Lipinski definition) is 0. The van der Waals surface area contributed by atoms with Crippen LogP contribution in [0.25, 0.3) is 0 Å². The standard InChI is InChI=1S/C4H6O2.Pt/c1-3(5)4(2)6;/h1-2H3;. The van der Waals surface area contributed by atoms with E-state index < -0.39 is 0 Å². The van der Waals surface area contributed by atoms with Crippen molar-refractivity contribution in [3.05, 3.63) is 0 Å². The Morgan fingerprint density at radius 2 is 1.14 bits per heavy atom. The first kappa shape index (κ1) is 10.1. The van der Waals surface area contributed by atoms with Crippen molar-refractivity contribution in [3.63, 3.8) is 0 Å².